The van der Waals surface area contributed by atoms with Crippen LogP contribution < -0.4 is 15.4 Å². The van der Waals surface area contributed by atoms with E-state index in [0.717, 1.165) is 12.8 Å². The average Bonchev–Trinajstić information content (AvgIpc) is 3.23. The molecule has 0 radical (unpaired) electrons. The van der Waals surface area contributed by atoms with Crippen LogP contribution in [-0.4, -0.2) is 43.4 Å². The van der Waals surface area contributed by atoms with E-state index in [1.165, 1.54) is 16.4 Å². The van der Waals surface area contributed by atoms with Crippen molar-refractivity contribution in [2.75, 3.05) is 25.0 Å². The first-order valence-electron chi connectivity index (χ1n) is 8.94. The summed E-state index contributed by atoms with van der Waals surface area (Å²) in [6.45, 7) is 0.849. The Hall–Kier alpha value is -2.20. The summed E-state index contributed by atoms with van der Waals surface area (Å²) >= 11 is 11.1. The van der Waals surface area contributed by atoms with Crippen molar-refractivity contribution in [1.29, 1.82) is 0 Å². The van der Waals surface area contributed by atoms with Crippen molar-refractivity contribution in [3.8, 4) is 5.75 Å². The van der Waals surface area contributed by atoms with E-state index in [9.17, 15) is 13.2 Å². The SMILES string of the molecule is O=C(COc1ccccc1Cl)NC(=S)Nc1ccc(S(=O)(=O)N2CCCC2)cc1. The van der Waals surface area contributed by atoms with E-state index in [-0.39, 0.29) is 16.6 Å². The molecule has 2 aromatic rings. The summed E-state index contributed by atoms with van der Waals surface area (Å²) in [5, 5.41) is 5.82. The minimum absolute atomic E-state index is 0.0768. The lowest BCUT2D eigenvalue weighted by molar-refractivity contribution is -0.121. The molecule has 7 nitrogen and oxygen atoms in total. The van der Waals surface area contributed by atoms with Crippen molar-refractivity contribution < 1.29 is 17.9 Å². The molecule has 0 aliphatic carbocycles. The fourth-order valence-corrected chi connectivity index (χ4v) is 4.76. The average molecular weight is 454 g/mol. The number of amides is 1. The van der Waals surface area contributed by atoms with Gasteiger partial charge in [-0.2, -0.15) is 4.31 Å². The Balaban J connectivity index is 1.51. The van der Waals surface area contributed by atoms with Gasteiger partial charge in [0.1, 0.15) is 5.75 Å². The Morgan fingerprint density at radius 3 is 2.41 bits per heavy atom. The van der Waals surface area contributed by atoms with Crippen LogP contribution in [0.25, 0.3) is 0 Å². The number of anilines is 1. The number of para-hydroxylation sites is 1. The van der Waals surface area contributed by atoms with Crippen LogP contribution in [0.4, 0.5) is 5.69 Å². The highest BCUT2D eigenvalue weighted by Gasteiger charge is 2.26. The summed E-state index contributed by atoms with van der Waals surface area (Å²) in [5.74, 6) is -0.0476. The number of carbonyl (C=O) groups is 1. The number of rotatable bonds is 6. The molecule has 1 aliphatic rings. The molecule has 1 saturated heterocycles. The number of halogens is 1. The minimum Gasteiger partial charge on any atom is -0.482 e. The molecule has 2 aromatic carbocycles. The van der Waals surface area contributed by atoms with Crippen LogP contribution in [-0.2, 0) is 14.8 Å². The van der Waals surface area contributed by atoms with Crippen LogP contribution in [0.1, 0.15) is 12.8 Å². The zero-order chi connectivity index (χ0) is 20.9. The van der Waals surface area contributed by atoms with Crippen LogP contribution >= 0.6 is 23.8 Å². The Morgan fingerprint density at radius 1 is 1.10 bits per heavy atom. The van der Waals surface area contributed by atoms with Crippen molar-refractivity contribution >= 4 is 50.5 Å². The molecular formula is C19H20ClN3O4S2. The summed E-state index contributed by atoms with van der Waals surface area (Å²) in [6, 6.07) is 13.1. The largest absolute Gasteiger partial charge is 0.482 e. The number of ether oxygens (including phenoxy) is 1. The van der Waals surface area contributed by atoms with E-state index in [1.54, 1.807) is 36.4 Å². The molecule has 1 aliphatic heterocycles. The number of hydrogen-bond acceptors (Lipinski definition) is 5. The molecule has 3 rings (SSSR count). The molecule has 0 spiro atoms. The zero-order valence-corrected chi connectivity index (χ0v) is 17.8. The van der Waals surface area contributed by atoms with Gasteiger partial charge in [-0.1, -0.05) is 23.7 Å². The van der Waals surface area contributed by atoms with Gasteiger partial charge in [0.05, 0.1) is 9.92 Å². The van der Waals surface area contributed by atoms with E-state index < -0.39 is 15.9 Å². The third kappa shape index (κ3) is 5.66. The highest BCUT2D eigenvalue weighted by atomic mass is 35.5. The van der Waals surface area contributed by atoms with Gasteiger partial charge in [0.2, 0.25) is 10.0 Å². The van der Waals surface area contributed by atoms with Gasteiger partial charge in [-0.25, -0.2) is 8.42 Å². The van der Waals surface area contributed by atoms with E-state index in [4.69, 9.17) is 28.6 Å². The van der Waals surface area contributed by atoms with Crippen LogP contribution in [0.15, 0.2) is 53.4 Å². The number of carbonyl (C=O) groups excluding carboxylic acids is 1. The molecule has 0 unspecified atom stereocenters. The first-order chi connectivity index (χ1) is 13.9. The summed E-state index contributed by atoms with van der Waals surface area (Å²) in [5.41, 5.74) is 0.558. The summed E-state index contributed by atoms with van der Waals surface area (Å²) in [4.78, 5) is 12.2. The van der Waals surface area contributed by atoms with Gasteiger partial charge in [0.25, 0.3) is 5.91 Å². The number of thiocarbonyl (C=S) groups is 1. The van der Waals surface area contributed by atoms with Crippen molar-refractivity contribution in [3.63, 3.8) is 0 Å². The third-order valence-corrected chi connectivity index (χ3v) is 6.69. The van der Waals surface area contributed by atoms with Crippen molar-refractivity contribution in [1.82, 2.24) is 9.62 Å². The van der Waals surface area contributed by atoms with Crippen LogP contribution in [0, 0.1) is 0 Å². The second-order valence-electron chi connectivity index (χ2n) is 6.36. The van der Waals surface area contributed by atoms with Crippen LogP contribution in [0.3, 0.4) is 0 Å². The highest BCUT2D eigenvalue weighted by molar-refractivity contribution is 7.89. The van der Waals surface area contributed by atoms with Crippen molar-refractivity contribution in [3.05, 3.63) is 53.6 Å². The predicted octanol–water partition coefficient (Wildman–Crippen LogP) is 3.02. The lowest BCUT2D eigenvalue weighted by Gasteiger charge is -2.16. The topological polar surface area (TPSA) is 87.7 Å². The lowest BCUT2D eigenvalue weighted by Crippen LogP contribution is -2.37. The minimum atomic E-state index is -3.46. The second-order valence-corrected chi connectivity index (χ2v) is 9.11. The molecule has 0 saturated carbocycles. The third-order valence-electron chi connectivity index (χ3n) is 4.26. The predicted molar refractivity (Wildman–Crippen MR) is 116 cm³/mol. The van der Waals surface area contributed by atoms with E-state index in [1.807, 2.05) is 0 Å². The highest BCUT2D eigenvalue weighted by Crippen LogP contribution is 2.23. The molecule has 0 atom stereocenters. The molecular weight excluding hydrogens is 434 g/mol. The van der Waals surface area contributed by atoms with Gasteiger partial charge in [0.15, 0.2) is 11.7 Å². The van der Waals surface area contributed by atoms with Gasteiger partial charge in [0, 0.05) is 18.8 Å². The molecule has 2 N–H and O–H groups in total. The van der Waals surface area contributed by atoms with E-state index in [0.29, 0.717) is 29.5 Å². The Kier molecular flexibility index (Phi) is 7.07. The molecule has 0 aromatic heterocycles. The molecule has 10 heteroatoms. The van der Waals surface area contributed by atoms with E-state index >= 15 is 0 Å². The lowest BCUT2D eigenvalue weighted by atomic mass is 10.3. The van der Waals surface area contributed by atoms with Crippen LogP contribution in [0.2, 0.25) is 5.02 Å². The molecule has 0 bridgehead atoms. The van der Waals surface area contributed by atoms with Crippen molar-refractivity contribution in [2.45, 2.75) is 17.7 Å². The Bertz CT molecular complexity index is 991. The maximum absolute atomic E-state index is 12.5. The second kappa shape index (κ2) is 9.53. The summed E-state index contributed by atoms with van der Waals surface area (Å²) < 4.78 is 31.9. The van der Waals surface area contributed by atoms with Gasteiger partial charge in [-0.05, 0) is 61.5 Å². The maximum Gasteiger partial charge on any atom is 0.264 e. The molecule has 1 fully saturated rings. The fraction of sp³-hybridized carbons (Fsp3) is 0.263. The monoisotopic (exact) mass is 453 g/mol. The summed E-state index contributed by atoms with van der Waals surface area (Å²) in [6.07, 6.45) is 1.76. The number of hydrogen-bond donors (Lipinski definition) is 2. The maximum atomic E-state index is 12.5. The number of benzene rings is 2. The van der Waals surface area contributed by atoms with Gasteiger partial charge < -0.3 is 10.1 Å². The van der Waals surface area contributed by atoms with E-state index in [2.05, 4.69) is 10.6 Å². The standard InChI is InChI=1S/C19H20ClN3O4S2/c20-16-5-1-2-6-17(16)27-13-18(24)22-19(28)21-14-7-9-15(10-8-14)29(25,26)23-11-3-4-12-23/h1-2,5-10H,3-4,11-13H2,(H2,21,22,24,28). The van der Waals surface area contributed by atoms with Crippen LogP contribution in [0.5, 0.6) is 5.75 Å². The zero-order valence-electron chi connectivity index (χ0n) is 15.4. The number of nitrogens with zero attached hydrogens (tertiary/aromatic N) is 1. The molecule has 1 amide bonds. The van der Waals surface area contributed by atoms with Gasteiger partial charge in [-0.3, -0.25) is 10.1 Å². The Morgan fingerprint density at radius 2 is 1.76 bits per heavy atom. The van der Waals surface area contributed by atoms with Crippen molar-refractivity contribution in [2.24, 2.45) is 0 Å². The number of sulfonamides is 1. The van der Waals surface area contributed by atoms with Gasteiger partial charge >= 0.3 is 0 Å². The Labute approximate surface area is 180 Å². The normalized spacial score (nSPS) is 14.4. The first-order valence-corrected chi connectivity index (χ1v) is 11.2. The van der Waals surface area contributed by atoms with Gasteiger partial charge in [-0.15, -0.1) is 0 Å². The summed E-state index contributed by atoms with van der Waals surface area (Å²) in [7, 11) is -3.46. The molecule has 29 heavy (non-hydrogen) atoms. The quantitative estimate of drug-likeness (QED) is 0.654. The smallest absolute Gasteiger partial charge is 0.264 e. The first kappa shape index (κ1) is 21.5. The number of nitrogens with one attached hydrogen (secondary N) is 2. The fourth-order valence-electron chi connectivity index (χ4n) is 2.82. The molecule has 154 valence electrons. The molecule has 1 heterocycles.